The predicted octanol–water partition coefficient (Wildman–Crippen LogP) is 4.24. The standard InChI is InChI=1S/C20H25ClN2O/c1-20(2,13-15-6-5-8-17(21)12-15)14-23-19(24)11-10-16-7-3-4-9-18(16)22/h3-9,12H,10-11,13-14,22H2,1-2H3,(H,23,24). The summed E-state index contributed by atoms with van der Waals surface area (Å²) in [6.07, 6.45) is 1.97. The smallest absolute Gasteiger partial charge is 0.220 e. The van der Waals surface area contributed by atoms with Crippen molar-refractivity contribution in [2.24, 2.45) is 5.41 Å². The van der Waals surface area contributed by atoms with Crippen LogP contribution in [0, 0.1) is 5.41 Å². The molecule has 0 aliphatic heterocycles. The fourth-order valence-corrected chi connectivity index (χ4v) is 2.91. The van der Waals surface area contributed by atoms with Crippen LogP contribution in [0.5, 0.6) is 0 Å². The third-order valence-electron chi connectivity index (χ3n) is 4.01. The van der Waals surface area contributed by atoms with Gasteiger partial charge in [-0.15, -0.1) is 0 Å². The lowest BCUT2D eigenvalue weighted by Crippen LogP contribution is -2.35. The zero-order valence-electron chi connectivity index (χ0n) is 14.3. The molecule has 0 spiro atoms. The molecule has 1 amide bonds. The number of halogens is 1. The molecule has 2 rings (SSSR count). The monoisotopic (exact) mass is 344 g/mol. The largest absolute Gasteiger partial charge is 0.399 e. The molecule has 0 fully saturated rings. The number of anilines is 1. The first-order valence-corrected chi connectivity index (χ1v) is 8.58. The number of rotatable bonds is 7. The lowest BCUT2D eigenvalue weighted by molar-refractivity contribution is -0.121. The van der Waals surface area contributed by atoms with E-state index in [1.807, 2.05) is 42.5 Å². The number of benzene rings is 2. The average Bonchev–Trinajstić information content (AvgIpc) is 2.52. The Labute approximate surface area is 149 Å². The summed E-state index contributed by atoms with van der Waals surface area (Å²) in [4.78, 5) is 12.1. The van der Waals surface area contributed by atoms with E-state index < -0.39 is 0 Å². The molecule has 0 aliphatic rings. The van der Waals surface area contributed by atoms with Crippen molar-refractivity contribution in [3.63, 3.8) is 0 Å². The van der Waals surface area contributed by atoms with E-state index in [4.69, 9.17) is 17.3 Å². The van der Waals surface area contributed by atoms with Crippen molar-refractivity contribution >= 4 is 23.2 Å². The van der Waals surface area contributed by atoms with Crippen LogP contribution in [0.4, 0.5) is 5.69 Å². The third kappa shape index (κ3) is 5.89. The number of nitrogens with two attached hydrogens (primary N) is 1. The maximum atomic E-state index is 12.1. The highest BCUT2D eigenvalue weighted by Crippen LogP contribution is 2.23. The third-order valence-corrected chi connectivity index (χ3v) is 4.25. The van der Waals surface area contributed by atoms with Gasteiger partial charge in [0.2, 0.25) is 5.91 Å². The second-order valence-corrected chi connectivity index (χ2v) is 7.38. The van der Waals surface area contributed by atoms with Gasteiger partial charge in [-0.05, 0) is 47.6 Å². The number of hydrogen-bond acceptors (Lipinski definition) is 2. The van der Waals surface area contributed by atoms with Crippen LogP contribution in [0.1, 0.15) is 31.4 Å². The van der Waals surface area contributed by atoms with Gasteiger partial charge in [0.25, 0.3) is 0 Å². The molecular weight excluding hydrogens is 320 g/mol. The van der Waals surface area contributed by atoms with E-state index in [9.17, 15) is 4.79 Å². The normalized spacial score (nSPS) is 11.3. The highest BCUT2D eigenvalue weighted by molar-refractivity contribution is 6.30. The minimum absolute atomic E-state index is 0.0356. The molecule has 3 nitrogen and oxygen atoms in total. The summed E-state index contributed by atoms with van der Waals surface area (Å²) in [5.74, 6) is 0.0532. The van der Waals surface area contributed by atoms with Crippen molar-refractivity contribution in [2.45, 2.75) is 33.1 Å². The number of carbonyl (C=O) groups is 1. The van der Waals surface area contributed by atoms with Crippen molar-refractivity contribution in [2.75, 3.05) is 12.3 Å². The maximum Gasteiger partial charge on any atom is 0.220 e. The number of nitrogens with one attached hydrogen (secondary N) is 1. The molecule has 0 bridgehead atoms. The van der Waals surface area contributed by atoms with Gasteiger partial charge in [-0.1, -0.05) is 55.8 Å². The van der Waals surface area contributed by atoms with Gasteiger partial charge in [0, 0.05) is 23.7 Å². The number of carbonyl (C=O) groups excluding carboxylic acids is 1. The predicted molar refractivity (Wildman–Crippen MR) is 101 cm³/mol. The van der Waals surface area contributed by atoms with E-state index >= 15 is 0 Å². The van der Waals surface area contributed by atoms with Gasteiger partial charge in [-0.25, -0.2) is 0 Å². The van der Waals surface area contributed by atoms with E-state index in [1.54, 1.807) is 0 Å². The molecule has 0 aromatic heterocycles. The van der Waals surface area contributed by atoms with Crippen LogP contribution in [0.15, 0.2) is 48.5 Å². The lowest BCUT2D eigenvalue weighted by atomic mass is 9.85. The molecule has 0 saturated carbocycles. The summed E-state index contributed by atoms with van der Waals surface area (Å²) in [7, 11) is 0. The van der Waals surface area contributed by atoms with Crippen LogP contribution in [0.3, 0.4) is 0 Å². The summed E-state index contributed by atoms with van der Waals surface area (Å²) in [5, 5.41) is 3.78. The SMILES string of the molecule is CC(C)(CNC(=O)CCc1ccccc1N)Cc1cccc(Cl)c1. The van der Waals surface area contributed by atoms with Crippen LogP contribution in [0.2, 0.25) is 5.02 Å². The average molecular weight is 345 g/mol. The molecule has 0 saturated heterocycles. The van der Waals surface area contributed by atoms with Crippen molar-refractivity contribution in [3.8, 4) is 0 Å². The van der Waals surface area contributed by atoms with Gasteiger partial charge < -0.3 is 11.1 Å². The number of amides is 1. The number of para-hydroxylation sites is 1. The highest BCUT2D eigenvalue weighted by atomic mass is 35.5. The van der Waals surface area contributed by atoms with E-state index in [0.717, 1.165) is 22.7 Å². The Balaban J connectivity index is 1.80. The molecule has 128 valence electrons. The Bertz CT molecular complexity index is 698. The van der Waals surface area contributed by atoms with Gasteiger partial charge in [0.1, 0.15) is 0 Å². The van der Waals surface area contributed by atoms with Crippen LogP contribution in [0.25, 0.3) is 0 Å². The zero-order valence-corrected chi connectivity index (χ0v) is 15.1. The van der Waals surface area contributed by atoms with Crippen LogP contribution >= 0.6 is 11.6 Å². The Morgan fingerprint density at radius 3 is 2.62 bits per heavy atom. The number of aryl methyl sites for hydroxylation is 1. The summed E-state index contributed by atoms with van der Waals surface area (Å²) in [6, 6.07) is 15.5. The van der Waals surface area contributed by atoms with Crippen LogP contribution < -0.4 is 11.1 Å². The fraction of sp³-hybridized carbons (Fsp3) is 0.350. The molecule has 3 N–H and O–H groups in total. The van der Waals surface area contributed by atoms with Crippen LogP contribution in [-0.4, -0.2) is 12.5 Å². The Morgan fingerprint density at radius 1 is 1.17 bits per heavy atom. The minimum atomic E-state index is -0.0356. The van der Waals surface area contributed by atoms with Crippen molar-refractivity contribution in [1.29, 1.82) is 0 Å². The molecule has 24 heavy (non-hydrogen) atoms. The van der Waals surface area contributed by atoms with E-state index in [0.29, 0.717) is 19.4 Å². The molecule has 0 aliphatic carbocycles. The second-order valence-electron chi connectivity index (χ2n) is 6.95. The Morgan fingerprint density at radius 2 is 1.92 bits per heavy atom. The van der Waals surface area contributed by atoms with Gasteiger partial charge in [0.05, 0.1) is 0 Å². The Hall–Kier alpha value is -2.00. The zero-order chi connectivity index (χ0) is 17.6. The summed E-state index contributed by atoms with van der Waals surface area (Å²) in [6.45, 7) is 4.91. The molecule has 4 heteroatoms. The lowest BCUT2D eigenvalue weighted by Gasteiger charge is -2.25. The molecule has 0 unspecified atom stereocenters. The highest BCUT2D eigenvalue weighted by Gasteiger charge is 2.19. The van der Waals surface area contributed by atoms with E-state index in [2.05, 4.69) is 25.2 Å². The maximum absolute atomic E-state index is 12.1. The molecule has 0 radical (unpaired) electrons. The quantitative estimate of drug-likeness (QED) is 0.738. The molecule has 0 atom stereocenters. The summed E-state index contributed by atoms with van der Waals surface area (Å²) >= 11 is 6.03. The topological polar surface area (TPSA) is 55.1 Å². The van der Waals surface area contributed by atoms with Gasteiger partial charge in [0.15, 0.2) is 0 Å². The molecule has 2 aromatic rings. The van der Waals surface area contributed by atoms with Gasteiger partial charge >= 0.3 is 0 Å². The van der Waals surface area contributed by atoms with Crippen molar-refractivity contribution in [1.82, 2.24) is 5.32 Å². The number of hydrogen-bond donors (Lipinski definition) is 2. The summed E-state index contributed by atoms with van der Waals surface area (Å²) in [5.41, 5.74) is 8.81. The van der Waals surface area contributed by atoms with Gasteiger partial charge in [-0.3, -0.25) is 4.79 Å². The first-order valence-electron chi connectivity index (χ1n) is 8.20. The number of nitrogen functional groups attached to an aromatic ring is 1. The van der Waals surface area contributed by atoms with Crippen molar-refractivity contribution < 1.29 is 4.79 Å². The minimum Gasteiger partial charge on any atom is -0.399 e. The molecule has 2 aromatic carbocycles. The molecule has 0 heterocycles. The first kappa shape index (κ1) is 18.3. The first-order chi connectivity index (χ1) is 11.4. The van der Waals surface area contributed by atoms with Crippen molar-refractivity contribution in [3.05, 3.63) is 64.7 Å². The van der Waals surface area contributed by atoms with E-state index in [1.165, 1.54) is 5.56 Å². The second kappa shape index (κ2) is 8.20. The fourth-order valence-electron chi connectivity index (χ4n) is 2.70. The van der Waals surface area contributed by atoms with Gasteiger partial charge in [-0.2, -0.15) is 0 Å². The van der Waals surface area contributed by atoms with Crippen LogP contribution in [-0.2, 0) is 17.6 Å². The molecular formula is C20H25ClN2O. The summed E-state index contributed by atoms with van der Waals surface area (Å²) < 4.78 is 0. The van der Waals surface area contributed by atoms with E-state index in [-0.39, 0.29) is 11.3 Å². The Kier molecular flexibility index (Phi) is 6.27.